The fourth-order valence-corrected chi connectivity index (χ4v) is 2.98. The molecule has 0 aromatic heterocycles. The third-order valence-electron chi connectivity index (χ3n) is 4.62. The topological polar surface area (TPSA) is 43.4 Å². The van der Waals surface area contributed by atoms with Gasteiger partial charge in [-0.2, -0.15) is 0 Å². The highest BCUT2D eigenvalue weighted by Crippen LogP contribution is 2.18. The Morgan fingerprint density at radius 3 is 1.71 bits per heavy atom. The molecular weight excluding hydrogens is 300 g/mol. The minimum atomic E-state index is -0.511. The van der Waals surface area contributed by atoms with E-state index in [4.69, 9.17) is 0 Å². The number of ether oxygens (including phenoxy) is 1. The van der Waals surface area contributed by atoms with Gasteiger partial charge in [-0.15, -0.1) is 0 Å². The molecule has 0 bridgehead atoms. The van der Waals surface area contributed by atoms with Crippen molar-refractivity contribution in [2.75, 3.05) is 0 Å². The second-order valence-electron chi connectivity index (χ2n) is 6.80. The Balaban J connectivity index is 1.92. The molecule has 0 aliphatic carbocycles. The van der Waals surface area contributed by atoms with Crippen molar-refractivity contribution in [3.05, 3.63) is 23.3 Å². The lowest BCUT2D eigenvalue weighted by atomic mass is 10.0. The molecule has 3 nitrogen and oxygen atoms in total. The maximum atomic E-state index is 11.4. The van der Waals surface area contributed by atoms with Gasteiger partial charge in [0, 0.05) is 5.57 Å². The van der Waals surface area contributed by atoms with Crippen LogP contribution in [-0.2, 0) is 14.3 Å². The second kappa shape index (κ2) is 13.0. The van der Waals surface area contributed by atoms with Crippen LogP contribution >= 0.6 is 0 Å². The largest absolute Gasteiger partial charge is 0.386 e. The van der Waals surface area contributed by atoms with Gasteiger partial charge in [0.2, 0.25) is 0 Å². The molecule has 3 heteroatoms. The van der Waals surface area contributed by atoms with Crippen LogP contribution in [0.15, 0.2) is 23.3 Å². The van der Waals surface area contributed by atoms with Crippen molar-refractivity contribution in [3.8, 4) is 0 Å². The fourth-order valence-electron chi connectivity index (χ4n) is 2.98. The number of carbonyl (C=O) groups excluding carboxylic acids is 2. The smallest absolute Gasteiger partial charge is 0.346 e. The predicted octanol–water partition coefficient (Wildman–Crippen LogP) is 6.03. The Kier molecular flexibility index (Phi) is 11.2. The highest BCUT2D eigenvalue weighted by Gasteiger charge is 2.27. The molecule has 0 N–H and O–H groups in total. The van der Waals surface area contributed by atoms with Crippen molar-refractivity contribution in [1.82, 2.24) is 0 Å². The monoisotopic (exact) mass is 334 g/mol. The average Bonchev–Trinajstić information content (AvgIpc) is 2.81. The van der Waals surface area contributed by atoms with E-state index in [2.05, 4.69) is 11.7 Å². The summed E-state index contributed by atoms with van der Waals surface area (Å²) >= 11 is 0. The molecule has 0 aromatic carbocycles. The fraction of sp³-hybridized carbons (Fsp3) is 0.714. The van der Waals surface area contributed by atoms with Gasteiger partial charge < -0.3 is 4.74 Å². The summed E-state index contributed by atoms with van der Waals surface area (Å²) < 4.78 is 4.55. The molecular formula is C21H34O3. The molecule has 0 radical (unpaired) electrons. The molecule has 1 aliphatic rings. The predicted molar refractivity (Wildman–Crippen MR) is 98.6 cm³/mol. The highest BCUT2D eigenvalue weighted by atomic mass is 16.6. The molecule has 0 aromatic rings. The molecule has 1 heterocycles. The molecule has 1 aliphatic heterocycles. The zero-order chi connectivity index (χ0) is 17.6. The number of allylic oxidation sites excluding steroid dienone is 1. The van der Waals surface area contributed by atoms with Crippen molar-refractivity contribution in [2.24, 2.45) is 0 Å². The van der Waals surface area contributed by atoms with Gasteiger partial charge in [-0.05, 0) is 19.8 Å². The molecule has 0 saturated heterocycles. The SMILES string of the molecule is CCCCCCCCCCCCCC/C=C/C1=C(C)C(=O)OC1=O. The minimum absolute atomic E-state index is 0.416. The lowest BCUT2D eigenvalue weighted by Gasteiger charge is -2.02. The van der Waals surface area contributed by atoms with Crippen LogP contribution in [0.1, 0.15) is 97.3 Å². The van der Waals surface area contributed by atoms with Crippen LogP contribution in [0.25, 0.3) is 0 Å². The lowest BCUT2D eigenvalue weighted by molar-refractivity contribution is -0.150. The van der Waals surface area contributed by atoms with E-state index >= 15 is 0 Å². The molecule has 0 fully saturated rings. The normalized spacial score (nSPS) is 14.9. The Labute approximate surface area is 147 Å². The minimum Gasteiger partial charge on any atom is -0.386 e. The van der Waals surface area contributed by atoms with Crippen LogP contribution in [0.5, 0.6) is 0 Å². The van der Waals surface area contributed by atoms with Crippen LogP contribution in [0.3, 0.4) is 0 Å². The summed E-state index contributed by atoms with van der Waals surface area (Å²) in [4.78, 5) is 22.6. The summed E-state index contributed by atoms with van der Waals surface area (Å²) in [5.74, 6) is -1.02. The van der Waals surface area contributed by atoms with E-state index in [-0.39, 0.29) is 0 Å². The van der Waals surface area contributed by atoms with Gasteiger partial charge in [-0.25, -0.2) is 9.59 Å². The number of hydrogen-bond acceptors (Lipinski definition) is 3. The maximum Gasteiger partial charge on any atom is 0.346 e. The first-order chi connectivity index (χ1) is 11.7. The van der Waals surface area contributed by atoms with E-state index in [9.17, 15) is 9.59 Å². The summed E-state index contributed by atoms with van der Waals surface area (Å²) in [5, 5.41) is 0. The van der Waals surface area contributed by atoms with Gasteiger partial charge in [0.25, 0.3) is 0 Å². The first-order valence-electron chi connectivity index (χ1n) is 9.80. The van der Waals surface area contributed by atoms with Gasteiger partial charge in [0.15, 0.2) is 0 Å². The van der Waals surface area contributed by atoms with Crippen molar-refractivity contribution in [2.45, 2.75) is 97.3 Å². The van der Waals surface area contributed by atoms with Crippen molar-refractivity contribution in [3.63, 3.8) is 0 Å². The number of unbranched alkanes of at least 4 members (excludes halogenated alkanes) is 12. The molecule has 1 rings (SSSR count). The van der Waals surface area contributed by atoms with E-state index in [1.807, 2.05) is 6.08 Å². The molecule has 0 amide bonds. The van der Waals surface area contributed by atoms with Gasteiger partial charge in [0.05, 0.1) is 5.57 Å². The number of cyclic esters (lactones) is 2. The van der Waals surface area contributed by atoms with Crippen LogP contribution in [0, 0.1) is 0 Å². The Hall–Kier alpha value is -1.38. The molecule has 136 valence electrons. The number of rotatable bonds is 14. The summed E-state index contributed by atoms with van der Waals surface area (Å²) in [7, 11) is 0. The van der Waals surface area contributed by atoms with Gasteiger partial charge in [-0.3, -0.25) is 0 Å². The Morgan fingerprint density at radius 1 is 0.750 bits per heavy atom. The van der Waals surface area contributed by atoms with E-state index < -0.39 is 11.9 Å². The van der Waals surface area contributed by atoms with Crippen LogP contribution in [-0.4, -0.2) is 11.9 Å². The Bertz CT molecular complexity index is 446. The van der Waals surface area contributed by atoms with Crippen LogP contribution in [0.2, 0.25) is 0 Å². The van der Waals surface area contributed by atoms with Gasteiger partial charge >= 0.3 is 11.9 Å². The number of esters is 2. The third kappa shape index (κ3) is 8.47. The quantitative estimate of drug-likeness (QED) is 0.221. The highest BCUT2D eigenvalue weighted by molar-refractivity contribution is 6.13. The van der Waals surface area contributed by atoms with Gasteiger partial charge in [0.1, 0.15) is 0 Å². The molecule has 0 atom stereocenters. The first kappa shape index (κ1) is 20.7. The van der Waals surface area contributed by atoms with Crippen molar-refractivity contribution in [1.29, 1.82) is 0 Å². The first-order valence-corrected chi connectivity index (χ1v) is 9.80. The Morgan fingerprint density at radius 2 is 1.25 bits per heavy atom. The summed E-state index contributed by atoms with van der Waals surface area (Å²) in [6.07, 6.45) is 20.8. The third-order valence-corrected chi connectivity index (χ3v) is 4.62. The lowest BCUT2D eigenvalue weighted by Crippen LogP contribution is -2.00. The molecule has 0 saturated carbocycles. The second-order valence-corrected chi connectivity index (χ2v) is 6.80. The van der Waals surface area contributed by atoms with E-state index in [0.29, 0.717) is 11.1 Å². The van der Waals surface area contributed by atoms with E-state index in [1.54, 1.807) is 13.0 Å². The number of hydrogen-bond donors (Lipinski definition) is 0. The average molecular weight is 335 g/mol. The van der Waals surface area contributed by atoms with Crippen molar-refractivity contribution >= 4 is 11.9 Å². The van der Waals surface area contributed by atoms with E-state index in [0.717, 1.165) is 12.8 Å². The zero-order valence-corrected chi connectivity index (χ0v) is 15.6. The van der Waals surface area contributed by atoms with Gasteiger partial charge in [-0.1, -0.05) is 89.7 Å². The van der Waals surface area contributed by atoms with Crippen LogP contribution in [0.4, 0.5) is 0 Å². The number of carbonyl (C=O) groups is 2. The summed E-state index contributed by atoms with van der Waals surface area (Å²) in [6.45, 7) is 3.90. The molecule has 24 heavy (non-hydrogen) atoms. The summed E-state index contributed by atoms with van der Waals surface area (Å²) in [5.41, 5.74) is 0.838. The van der Waals surface area contributed by atoms with Crippen molar-refractivity contribution < 1.29 is 14.3 Å². The molecule has 0 unspecified atom stereocenters. The summed E-state index contributed by atoms with van der Waals surface area (Å²) in [6, 6.07) is 0. The van der Waals surface area contributed by atoms with Crippen LogP contribution < -0.4 is 0 Å². The zero-order valence-electron chi connectivity index (χ0n) is 15.6. The maximum absolute atomic E-state index is 11.4. The van der Waals surface area contributed by atoms with E-state index in [1.165, 1.54) is 70.6 Å². The standard InChI is InChI=1S/C21H34O3/c1-3-4-5-6-7-8-9-10-11-12-13-14-15-16-17-19-18(2)20(22)24-21(19)23/h16-17H,3-15H2,1-2H3/b17-16+. The molecule has 0 spiro atoms.